The van der Waals surface area contributed by atoms with Gasteiger partial charge in [0.2, 0.25) is 11.8 Å². The maximum atomic E-state index is 13.9. The number of anilines is 1. The summed E-state index contributed by atoms with van der Waals surface area (Å²) in [7, 11) is -4.15. The van der Waals surface area contributed by atoms with E-state index >= 15 is 0 Å². The Labute approximate surface area is 231 Å². The summed E-state index contributed by atoms with van der Waals surface area (Å²) in [5, 5.41) is 2.85. The number of amides is 2. The molecule has 8 nitrogen and oxygen atoms in total. The first-order chi connectivity index (χ1) is 18.8. The third kappa shape index (κ3) is 7.83. The van der Waals surface area contributed by atoms with E-state index in [0.29, 0.717) is 25.3 Å². The molecule has 0 saturated heterocycles. The Hall–Kier alpha value is -3.85. The van der Waals surface area contributed by atoms with Gasteiger partial charge in [-0.3, -0.25) is 13.9 Å². The zero-order valence-corrected chi connectivity index (χ0v) is 23.6. The molecule has 3 aromatic carbocycles. The van der Waals surface area contributed by atoms with E-state index in [9.17, 15) is 18.0 Å². The molecule has 0 aliphatic carbocycles. The maximum absolute atomic E-state index is 13.9. The monoisotopic (exact) mass is 551 g/mol. The van der Waals surface area contributed by atoms with E-state index in [1.165, 1.54) is 17.0 Å². The fourth-order valence-corrected chi connectivity index (χ4v) is 5.59. The van der Waals surface area contributed by atoms with Crippen molar-refractivity contribution < 1.29 is 22.7 Å². The van der Waals surface area contributed by atoms with Gasteiger partial charge in [-0.05, 0) is 56.5 Å². The van der Waals surface area contributed by atoms with E-state index < -0.39 is 28.5 Å². The Morgan fingerprint density at radius 1 is 0.897 bits per heavy atom. The van der Waals surface area contributed by atoms with Crippen molar-refractivity contribution in [1.29, 1.82) is 0 Å². The lowest BCUT2D eigenvalue weighted by Crippen LogP contribution is -2.52. The molecule has 0 bridgehead atoms. The minimum atomic E-state index is -4.15. The number of sulfonamides is 1. The molecule has 1 N–H and O–H groups in total. The highest BCUT2D eigenvalue weighted by molar-refractivity contribution is 7.92. The van der Waals surface area contributed by atoms with Crippen LogP contribution in [0.2, 0.25) is 0 Å². The first-order valence-electron chi connectivity index (χ1n) is 13.2. The molecule has 0 aromatic heterocycles. The van der Waals surface area contributed by atoms with Crippen molar-refractivity contribution in [3.63, 3.8) is 0 Å². The van der Waals surface area contributed by atoms with E-state index in [4.69, 9.17) is 4.74 Å². The van der Waals surface area contributed by atoms with Crippen LogP contribution in [0, 0.1) is 0 Å². The van der Waals surface area contributed by atoms with Crippen molar-refractivity contribution in [2.45, 2.75) is 44.6 Å². The molecule has 0 aliphatic rings. The molecule has 208 valence electrons. The molecule has 39 heavy (non-hydrogen) atoms. The standard InChI is InChI=1S/C30H37N3O5S/c1-4-21-31-30(35)24(3)32(22-20-25-14-8-6-9-15-25)29(34)23-33(27-18-12-13-19-28(27)38-5-2)39(36,37)26-16-10-7-11-17-26/h6-19,24H,4-5,20-23H2,1-3H3,(H,31,35)/t24-/m1/s1. The molecule has 0 unspecified atom stereocenters. The molecular formula is C30H37N3O5S. The third-order valence-corrected chi connectivity index (χ3v) is 8.02. The van der Waals surface area contributed by atoms with Gasteiger partial charge in [0.25, 0.3) is 10.0 Å². The number of carbonyl (C=O) groups is 2. The van der Waals surface area contributed by atoms with Crippen molar-refractivity contribution in [2.75, 3.05) is 30.5 Å². The Morgan fingerprint density at radius 2 is 1.51 bits per heavy atom. The van der Waals surface area contributed by atoms with Gasteiger partial charge in [0.15, 0.2) is 0 Å². The van der Waals surface area contributed by atoms with Gasteiger partial charge < -0.3 is 15.0 Å². The molecule has 3 rings (SSSR count). The summed E-state index contributed by atoms with van der Waals surface area (Å²) in [5.41, 5.74) is 1.26. The SMILES string of the molecule is CCCNC(=O)[C@@H](C)N(CCc1ccccc1)C(=O)CN(c1ccccc1OCC)S(=O)(=O)c1ccccc1. The third-order valence-electron chi connectivity index (χ3n) is 6.24. The molecule has 0 radical (unpaired) electrons. The molecule has 0 aliphatic heterocycles. The lowest BCUT2D eigenvalue weighted by Gasteiger charge is -2.32. The predicted molar refractivity (Wildman–Crippen MR) is 153 cm³/mol. The lowest BCUT2D eigenvalue weighted by atomic mass is 10.1. The summed E-state index contributed by atoms with van der Waals surface area (Å²) in [6.07, 6.45) is 1.27. The van der Waals surface area contributed by atoms with Crippen molar-refractivity contribution >= 4 is 27.5 Å². The first kappa shape index (κ1) is 29.7. The Morgan fingerprint density at radius 3 is 2.15 bits per heavy atom. The molecule has 0 spiro atoms. The number of rotatable bonds is 14. The first-order valence-corrected chi connectivity index (χ1v) is 14.6. The summed E-state index contributed by atoms with van der Waals surface area (Å²) < 4.78 is 34.6. The lowest BCUT2D eigenvalue weighted by molar-refractivity contribution is -0.138. The summed E-state index contributed by atoms with van der Waals surface area (Å²) in [6.45, 7) is 5.98. The van der Waals surface area contributed by atoms with Crippen LogP contribution in [-0.4, -0.2) is 57.4 Å². The number of carbonyl (C=O) groups excluding carboxylic acids is 2. The number of nitrogens with zero attached hydrogens (tertiary/aromatic N) is 2. The zero-order chi connectivity index (χ0) is 28.3. The van der Waals surface area contributed by atoms with Crippen LogP contribution in [0.15, 0.2) is 89.8 Å². The topological polar surface area (TPSA) is 96.0 Å². The fourth-order valence-electron chi connectivity index (χ4n) is 4.14. The predicted octanol–water partition coefficient (Wildman–Crippen LogP) is 4.27. The van der Waals surface area contributed by atoms with E-state index in [1.54, 1.807) is 56.3 Å². The van der Waals surface area contributed by atoms with Crippen LogP contribution >= 0.6 is 0 Å². The zero-order valence-electron chi connectivity index (χ0n) is 22.7. The molecule has 0 heterocycles. The second kappa shape index (κ2) is 14.3. The number of benzene rings is 3. The van der Waals surface area contributed by atoms with Gasteiger partial charge in [-0.1, -0.05) is 67.6 Å². The van der Waals surface area contributed by atoms with Crippen LogP contribution in [-0.2, 0) is 26.0 Å². The van der Waals surface area contributed by atoms with Gasteiger partial charge in [0.05, 0.1) is 17.2 Å². The van der Waals surface area contributed by atoms with Gasteiger partial charge in [-0.25, -0.2) is 8.42 Å². The number of hydrogen-bond donors (Lipinski definition) is 1. The van der Waals surface area contributed by atoms with E-state index in [0.717, 1.165) is 16.3 Å². The number of para-hydroxylation sites is 2. The average Bonchev–Trinajstić information content (AvgIpc) is 2.96. The molecular weight excluding hydrogens is 514 g/mol. The quantitative estimate of drug-likeness (QED) is 0.323. The largest absolute Gasteiger partial charge is 0.492 e. The highest BCUT2D eigenvalue weighted by atomic mass is 32.2. The minimum absolute atomic E-state index is 0.0497. The van der Waals surface area contributed by atoms with Gasteiger partial charge >= 0.3 is 0 Å². The number of ether oxygens (including phenoxy) is 1. The van der Waals surface area contributed by atoms with Crippen molar-refractivity contribution in [3.8, 4) is 5.75 Å². The number of nitrogens with one attached hydrogen (secondary N) is 1. The van der Waals surface area contributed by atoms with Gasteiger partial charge in [-0.15, -0.1) is 0 Å². The number of hydrogen-bond acceptors (Lipinski definition) is 5. The molecule has 9 heteroatoms. The molecule has 0 saturated carbocycles. The normalized spacial score (nSPS) is 11.9. The summed E-state index contributed by atoms with van der Waals surface area (Å²) >= 11 is 0. The van der Waals surface area contributed by atoms with Crippen molar-refractivity contribution in [3.05, 3.63) is 90.5 Å². The van der Waals surface area contributed by atoms with Crippen molar-refractivity contribution in [1.82, 2.24) is 10.2 Å². The molecule has 0 fully saturated rings. The Balaban J connectivity index is 2.00. The van der Waals surface area contributed by atoms with Crippen molar-refractivity contribution in [2.24, 2.45) is 0 Å². The van der Waals surface area contributed by atoms with Crippen LogP contribution < -0.4 is 14.4 Å². The fraction of sp³-hybridized carbons (Fsp3) is 0.333. The Bertz CT molecular complexity index is 1320. The second-order valence-corrected chi connectivity index (χ2v) is 10.9. The molecule has 3 aromatic rings. The van der Waals surface area contributed by atoms with Gasteiger partial charge in [-0.2, -0.15) is 0 Å². The smallest absolute Gasteiger partial charge is 0.264 e. The molecule has 2 amide bonds. The second-order valence-electron chi connectivity index (χ2n) is 9.02. The van der Waals surface area contributed by atoms with Crippen LogP contribution in [0.4, 0.5) is 5.69 Å². The van der Waals surface area contributed by atoms with Gasteiger partial charge in [0, 0.05) is 13.1 Å². The van der Waals surface area contributed by atoms with E-state index in [-0.39, 0.29) is 23.0 Å². The average molecular weight is 552 g/mol. The summed E-state index contributed by atoms with van der Waals surface area (Å²) in [6, 6.07) is 23.6. The summed E-state index contributed by atoms with van der Waals surface area (Å²) in [5.74, 6) is -0.432. The maximum Gasteiger partial charge on any atom is 0.264 e. The van der Waals surface area contributed by atoms with Gasteiger partial charge in [0.1, 0.15) is 18.3 Å². The van der Waals surface area contributed by atoms with Crippen LogP contribution in [0.1, 0.15) is 32.8 Å². The highest BCUT2D eigenvalue weighted by Gasteiger charge is 2.33. The van der Waals surface area contributed by atoms with Crippen LogP contribution in [0.25, 0.3) is 0 Å². The van der Waals surface area contributed by atoms with Crippen LogP contribution in [0.5, 0.6) is 5.75 Å². The van der Waals surface area contributed by atoms with Crippen LogP contribution in [0.3, 0.4) is 0 Å². The van der Waals surface area contributed by atoms with E-state index in [1.807, 2.05) is 37.3 Å². The van der Waals surface area contributed by atoms with E-state index in [2.05, 4.69) is 5.32 Å². The summed E-state index contributed by atoms with van der Waals surface area (Å²) in [4.78, 5) is 28.3. The minimum Gasteiger partial charge on any atom is -0.492 e. The highest BCUT2D eigenvalue weighted by Crippen LogP contribution is 2.32. The molecule has 1 atom stereocenters. The Kier molecular flexibility index (Phi) is 10.9.